The minimum atomic E-state index is -4.38. The van der Waals surface area contributed by atoms with Crippen molar-refractivity contribution in [2.45, 2.75) is 12.6 Å². The molecule has 1 N–H and O–H groups in total. The topological polar surface area (TPSA) is 51.2 Å². The largest absolute Gasteiger partial charge is 0.497 e. The first-order valence-electron chi connectivity index (χ1n) is 8.57. The van der Waals surface area contributed by atoms with E-state index in [2.05, 4.69) is 10.3 Å². The van der Waals surface area contributed by atoms with Crippen LogP contribution in [-0.2, 0) is 17.4 Å². The molecule has 1 amide bonds. The molecule has 29 heavy (non-hydrogen) atoms. The number of benzene rings is 2. The Balaban J connectivity index is 1.59. The van der Waals surface area contributed by atoms with Gasteiger partial charge >= 0.3 is 6.18 Å². The minimum absolute atomic E-state index is 0.305. The number of thiazole rings is 1. The molecule has 0 unspecified atom stereocenters. The number of amides is 1. The number of carbonyl (C=O) groups excluding carboxylic acids is 1. The standard InChI is InChI=1S/C21H17F3N2O2S/c1-28-17-8-5-14(6-9-17)7-10-19(27)26-20-25-13-18(29-20)12-15-3-2-4-16(11-15)21(22,23)24/h2-11,13H,12H2,1H3,(H,25,26,27)/b10-7+. The lowest BCUT2D eigenvalue weighted by molar-refractivity contribution is -0.137. The number of nitrogens with zero attached hydrogens (tertiary/aromatic N) is 1. The van der Waals surface area contributed by atoms with Gasteiger partial charge in [-0.05, 0) is 35.4 Å². The smallest absolute Gasteiger partial charge is 0.416 e. The molecule has 0 bridgehead atoms. The highest BCUT2D eigenvalue weighted by atomic mass is 32.1. The molecule has 150 valence electrons. The first-order valence-corrected chi connectivity index (χ1v) is 9.39. The van der Waals surface area contributed by atoms with Crippen LogP contribution in [0.15, 0.2) is 60.8 Å². The van der Waals surface area contributed by atoms with E-state index in [1.807, 2.05) is 12.1 Å². The molecule has 0 spiro atoms. The van der Waals surface area contributed by atoms with Crippen molar-refractivity contribution in [2.75, 3.05) is 12.4 Å². The summed E-state index contributed by atoms with van der Waals surface area (Å²) in [6, 6.07) is 12.4. The Morgan fingerprint density at radius 2 is 1.97 bits per heavy atom. The highest BCUT2D eigenvalue weighted by Gasteiger charge is 2.30. The molecule has 0 saturated heterocycles. The third-order valence-corrected chi connectivity index (χ3v) is 4.87. The number of aromatic nitrogens is 1. The Labute approximate surface area is 169 Å². The molecule has 8 heteroatoms. The highest BCUT2D eigenvalue weighted by molar-refractivity contribution is 7.15. The lowest BCUT2D eigenvalue weighted by Gasteiger charge is -2.07. The van der Waals surface area contributed by atoms with Crippen LogP contribution in [-0.4, -0.2) is 18.0 Å². The van der Waals surface area contributed by atoms with Crippen molar-refractivity contribution in [1.29, 1.82) is 0 Å². The van der Waals surface area contributed by atoms with Crippen molar-refractivity contribution < 1.29 is 22.7 Å². The predicted octanol–water partition coefficient (Wildman–Crippen LogP) is 5.41. The van der Waals surface area contributed by atoms with Gasteiger partial charge < -0.3 is 4.74 Å². The van der Waals surface area contributed by atoms with Gasteiger partial charge in [-0.15, -0.1) is 11.3 Å². The van der Waals surface area contributed by atoms with E-state index in [1.165, 1.54) is 23.5 Å². The number of carbonyl (C=O) groups is 1. The number of methoxy groups -OCH3 is 1. The van der Waals surface area contributed by atoms with Crippen LogP contribution in [0.2, 0.25) is 0 Å². The van der Waals surface area contributed by atoms with E-state index in [-0.39, 0.29) is 5.91 Å². The number of ether oxygens (including phenoxy) is 1. The van der Waals surface area contributed by atoms with Crippen molar-refractivity contribution in [3.8, 4) is 5.75 Å². The second kappa shape index (κ2) is 8.91. The van der Waals surface area contributed by atoms with Gasteiger partial charge in [-0.2, -0.15) is 13.2 Å². The zero-order chi connectivity index (χ0) is 20.9. The van der Waals surface area contributed by atoms with E-state index < -0.39 is 11.7 Å². The third-order valence-electron chi connectivity index (χ3n) is 3.96. The van der Waals surface area contributed by atoms with Crippen LogP contribution < -0.4 is 10.1 Å². The highest BCUT2D eigenvalue weighted by Crippen LogP contribution is 2.30. The van der Waals surface area contributed by atoms with E-state index in [4.69, 9.17) is 4.74 Å². The van der Waals surface area contributed by atoms with Gasteiger partial charge in [0.05, 0.1) is 12.7 Å². The van der Waals surface area contributed by atoms with Crippen molar-refractivity contribution in [2.24, 2.45) is 0 Å². The molecule has 0 aliphatic carbocycles. The monoisotopic (exact) mass is 418 g/mol. The molecule has 0 fully saturated rings. The van der Waals surface area contributed by atoms with E-state index in [0.717, 1.165) is 28.3 Å². The van der Waals surface area contributed by atoms with Gasteiger partial charge in [0.1, 0.15) is 5.75 Å². The van der Waals surface area contributed by atoms with Crippen LogP contribution in [0.25, 0.3) is 6.08 Å². The summed E-state index contributed by atoms with van der Waals surface area (Å²) < 4.78 is 43.5. The van der Waals surface area contributed by atoms with Gasteiger partial charge in [-0.1, -0.05) is 30.3 Å². The summed E-state index contributed by atoms with van der Waals surface area (Å²) in [5, 5.41) is 3.04. The molecule has 0 radical (unpaired) electrons. The maximum Gasteiger partial charge on any atom is 0.416 e. The number of hydrogen-bond donors (Lipinski definition) is 1. The summed E-state index contributed by atoms with van der Waals surface area (Å²) in [5.74, 6) is 0.378. The average Bonchev–Trinajstić information content (AvgIpc) is 3.13. The molecule has 1 heterocycles. The van der Waals surface area contributed by atoms with Crippen LogP contribution in [0.3, 0.4) is 0 Å². The summed E-state index contributed by atoms with van der Waals surface area (Å²) in [6.07, 6.45) is 0.521. The lowest BCUT2D eigenvalue weighted by atomic mass is 10.1. The molecule has 3 aromatic rings. The lowest BCUT2D eigenvalue weighted by Crippen LogP contribution is -2.07. The van der Waals surface area contributed by atoms with Gasteiger partial charge in [0.25, 0.3) is 0 Å². The normalized spacial score (nSPS) is 11.6. The van der Waals surface area contributed by atoms with E-state index in [0.29, 0.717) is 17.1 Å². The second-order valence-corrected chi connectivity index (χ2v) is 7.22. The third kappa shape index (κ3) is 5.92. The minimum Gasteiger partial charge on any atom is -0.497 e. The van der Waals surface area contributed by atoms with Crippen LogP contribution in [0.1, 0.15) is 21.6 Å². The molecule has 4 nitrogen and oxygen atoms in total. The summed E-state index contributed by atoms with van der Waals surface area (Å²) in [7, 11) is 1.58. The van der Waals surface area contributed by atoms with Crippen molar-refractivity contribution in [3.63, 3.8) is 0 Å². The van der Waals surface area contributed by atoms with Crippen molar-refractivity contribution >= 4 is 28.5 Å². The summed E-state index contributed by atoms with van der Waals surface area (Å²) in [6.45, 7) is 0. The first-order chi connectivity index (χ1) is 13.8. The van der Waals surface area contributed by atoms with Gasteiger partial charge in [0.2, 0.25) is 5.91 Å². The van der Waals surface area contributed by atoms with Crippen molar-refractivity contribution in [1.82, 2.24) is 4.98 Å². The average molecular weight is 418 g/mol. The molecular weight excluding hydrogens is 401 g/mol. The fourth-order valence-corrected chi connectivity index (χ4v) is 3.39. The van der Waals surface area contributed by atoms with E-state index in [1.54, 1.807) is 37.6 Å². The Bertz CT molecular complexity index is 1010. The van der Waals surface area contributed by atoms with Crippen LogP contribution in [0.5, 0.6) is 5.75 Å². The number of rotatable bonds is 6. The number of nitrogens with one attached hydrogen (secondary N) is 1. The quantitative estimate of drug-likeness (QED) is 0.545. The maximum absolute atomic E-state index is 12.8. The molecule has 0 aliphatic heterocycles. The van der Waals surface area contributed by atoms with Gasteiger partial charge in [0, 0.05) is 23.6 Å². The number of anilines is 1. The van der Waals surface area contributed by atoms with Gasteiger partial charge in [-0.3, -0.25) is 10.1 Å². The van der Waals surface area contributed by atoms with Crippen LogP contribution >= 0.6 is 11.3 Å². The molecule has 3 rings (SSSR count). The van der Waals surface area contributed by atoms with Crippen LogP contribution in [0, 0.1) is 0 Å². The predicted molar refractivity (Wildman–Crippen MR) is 107 cm³/mol. The SMILES string of the molecule is COc1ccc(/C=C/C(=O)Nc2ncc(Cc3cccc(C(F)(F)F)c3)s2)cc1. The molecular formula is C21H17F3N2O2S. The number of alkyl halides is 3. The zero-order valence-electron chi connectivity index (χ0n) is 15.4. The van der Waals surface area contributed by atoms with Gasteiger partial charge in [-0.25, -0.2) is 4.98 Å². The van der Waals surface area contributed by atoms with E-state index >= 15 is 0 Å². The molecule has 0 saturated carbocycles. The molecule has 1 aromatic heterocycles. The Hall–Kier alpha value is -3.13. The van der Waals surface area contributed by atoms with Crippen molar-refractivity contribution in [3.05, 3.63) is 82.4 Å². The number of hydrogen-bond acceptors (Lipinski definition) is 4. The molecule has 0 atom stereocenters. The second-order valence-electron chi connectivity index (χ2n) is 6.10. The Morgan fingerprint density at radius 1 is 1.21 bits per heavy atom. The Morgan fingerprint density at radius 3 is 2.66 bits per heavy atom. The summed E-state index contributed by atoms with van der Waals surface area (Å²) in [4.78, 5) is 16.9. The van der Waals surface area contributed by atoms with Gasteiger partial charge in [0.15, 0.2) is 5.13 Å². The fourth-order valence-electron chi connectivity index (χ4n) is 2.54. The summed E-state index contributed by atoms with van der Waals surface area (Å²) >= 11 is 1.22. The van der Waals surface area contributed by atoms with Crippen LogP contribution in [0.4, 0.5) is 18.3 Å². The number of halogens is 3. The van der Waals surface area contributed by atoms with E-state index in [9.17, 15) is 18.0 Å². The zero-order valence-corrected chi connectivity index (χ0v) is 16.2. The summed E-state index contributed by atoms with van der Waals surface area (Å²) in [5.41, 5.74) is 0.683. The maximum atomic E-state index is 12.8. The molecule has 0 aliphatic rings. The fraction of sp³-hybridized carbons (Fsp3) is 0.143. The first kappa shape index (κ1) is 20.6. The molecule has 2 aromatic carbocycles. The Kier molecular flexibility index (Phi) is 6.33.